The zero-order valence-electron chi connectivity index (χ0n) is 10.3. The number of aliphatic hydroxyl groups is 1. The Kier molecular flexibility index (Phi) is 4.19. The van der Waals surface area contributed by atoms with E-state index in [1.165, 1.54) is 16.4 Å². The summed E-state index contributed by atoms with van der Waals surface area (Å²) in [6.07, 6.45) is 0.525. The van der Waals surface area contributed by atoms with Gasteiger partial charge in [0.15, 0.2) is 0 Å². The minimum absolute atomic E-state index is 0.172. The summed E-state index contributed by atoms with van der Waals surface area (Å²) in [5.41, 5.74) is 6.05. The van der Waals surface area contributed by atoms with Crippen molar-refractivity contribution in [3.8, 4) is 0 Å². The van der Waals surface area contributed by atoms with Crippen LogP contribution in [0, 0.1) is 0 Å². The van der Waals surface area contributed by atoms with Gasteiger partial charge in [-0.1, -0.05) is 24.4 Å². The summed E-state index contributed by atoms with van der Waals surface area (Å²) in [4.78, 5) is 0.361. The first-order valence-corrected chi connectivity index (χ1v) is 7.84. The summed E-state index contributed by atoms with van der Waals surface area (Å²) in [6.45, 7) is 0.668. The average Bonchev–Trinajstić information content (AvgIpc) is 2.39. The third-order valence-electron chi connectivity index (χ3n) is 3.18. The van der Waals surface area contributed by atoms with Crippen LogP contribution in [0.15, 0.2) is 29.2 Å². The molecule has 0 aliphatic carbocycles. The van der Waals surface area contributed by atoms with Crippen molar-refractivity contribution in [2.75, 3.05) is 13.1 Å². The number of aliphatic hydroxyl groups excluding tert-OH is 1. The SMILES string of the molecule is NC(=S)c1cccc(S(=O)(=O)N2CCC(O)CC2)c1. The number of piperidine rings is 1. The first-order valence-electron chi connectivity index (χ1n) is 5.99. The molecule has 19 heavy (non-hydrogen) atoms. The Bertz CT molecular complexity index is 578. The third kappa shape index (κ3) is 3.11. The van der Waals surface area contributed by atoms with Crippen LogP contribution in [0.3, 0.4) is 0 Å². The molecule has 5 nitrogen and oxygen atoms in total. The molecule has 1 heterocycles. The van der Waals surface area contributed by atoms with E-state index in [0.29, 0.717) is 31.5 Å². The Morgan fingerprint density at radius 3 is 2.58 bits per heavy atom. The van der Waals surface area contributed by atoms with Gasteiger partial charge in [-0.05, 0) is 25.0 Å². The van der Waals surface area contributed by atoms with Crippen LogP contribution >= 0.6 is 12.2 Å². The second-order valence-corrected chi connectivity index (χ2v) is 6.91. The van der Waals surface area contributed by atoms with E-state index in [1.807, 2.05) is 0 Å². The number of sulfonamides is 1. The van der Waals surface area contributed by atoms with E-state index in [0.717, 1.165) is 0 Å². The molecule has 0 unspecified atom stereocenters. The van der Waals surface area contributed by atoms with Crippen molar-refractivity contribution in [3.63, 3.8) is 0 Å². The summed E-state index contributed by atoms with van der Waals surface area (Å²) in [6, 6.07) is 6.33. The molecule has 2 rings (SSSR count). The lowest BCUT2D eigenvalue weighted by Crippen LogP contribution is -2.40. The van der Waals surface area contributed by atoms with Crippen molar-refractivity contribution >= 4 is 27.2 Å². The summed E-state index contributed by atoms with van der Waals surface area (Å²) >= 11 is 4.85. The molecule has 1 aliphatic rings. The van der Waals surface area contributed by atoms with Crippen LogP contribution in [0.25, 0.3) is 0 Å². The van der Waals surface area contributed by atoms with Crippen LogP contribution in [-0.4, -0.2) is 42.0 Å². The second kappa shape index (κ2) is 5.54. The number of nitrogens with two attached hydrogens (primary N) is 1. The third-order valence-corrected chi connectivity index (χ3v) is 5.31. The van der Waals surface area contributed by atoms with Crippen molar-refractivity contribution in [1.29, 1.82) is 0 Å². The van der Waals surface area contributed by atoms with E-state index in [9.17, 15) is 13.5 Å². The Morgan fingerprint density at radius 1 is 1.37 bits per heavy atom. The molecule has 1 saturated heterocycles. The Labute approximate surface area is 118 Å². The highest BCUT2D eigenvalue weighted by Crippen LogP contribution is 2.21. The van der Waals surface area contributed by atoms with Crippen LogP contribution in [0.2, 0.25) is 0 Å². The highest BCUT2D eigenvalue weighted by Gasteiger charge is 2.28. The molecule has 1 aromatic carbocycles. The second-order valence-electron chi connectivity index (χ2n) is 4.53. The molecule has 0 radical (unpaired) electrons. The lowest BCUT2D eigenvalue weighted by molar-refractivity contribution is 0.113. The zero-order valence-corrected chi connectivity index (χ0v) is 12.0. The van der Waals surface area contributed by atoms with Crippen LogP contribution in [0.4, 0.5) is 0 Å². The van der Waals surface area contributed by atoms with Crippen molar-refractivity contribution < 1.29 is 13.5 Å². The smallest absolute Gasteiger partial charge is 0.243 e. The maximum atomic E-state index is 12.4. The topological polar surface area (TPSA) is 83.6 Å². The average molecular weight is 300 g/mol. The maximum Gasteiger partial charge on any atom is 0.243 e. The molecule has 0 spiro atoms. The summed E-state index contributed by atoms with van der Waals surface area (Å²) in [7, 11) is -3.53. The lowest BCUT2D eigenvalue weighted by Gasteiger charge is -2.28. The van der Waals surface area contributed by atoms with Gasteiger partial charge in [0.05, 0.1) is 11.0 Å². The lowest BCUT2D eigenvalue weighted by atomic mass is 10.1. The number of nitrogens with zero attached hydrogens (tertiary/aromatic N) is 1. The van der Waals surface area contributed by atoms with E-state index in [2.05, 4.69) is 0 Å². The molecular weight excluding hydrogens is 284 g/mol. The zero-order chi connectivity index (χ0) is 14.0. The van der Waals surface area contributed by atoms with Crippen molar-refractivity contribution in [3.05, 3.63) is 29.8 Å². The fourth-order valence-electron chi connectivity index (χ4n) is 2.04. The van der Waals surface area contributed by atoms with Gasteiger partial charge in [0.25, 0.3) is 0 Å². The van der Waals surface area contributed by atoms with Gasteiger partial charge in [0, 0.05) is 18.7 Å². The monoisotopic (exact) mass is 300 g/mol. The normalized spacial score (nSPS) is 18.4. The molecule has 0 atom stereocenters. The molecule has 1 aromatic rings. The summed E-state index contributed by atoms with van der Waals surface area (Å²) < 4.78 is 26.2. The summed E-state index contributed by atoms with van der Waals surface area (Å²) in [5, 5.41) is 9.43. The molecule has 1 fully saturated rings. The van der Waals surface area contributed by atoms with Crippen LogP contribution in [0.1, 0.15) is 18.4 Å². The van der Waals surface area contributed by atoms with E-state index < -0.39 is 16.1 Å². The van der Waals surface area contributed by atoms with Gasteiger partial charge in [-0.3, -0.25) is 0 Å². The first-order chi connectivity index (χ1) is 8.91. The fraction of sp³-hybridized carbons (Fsp3) is 0.417. The largest absolute Gasteiger partial charge is 0.393 e. The van der Waals surface area contributed by atoms with Crippen LogP contribution in [-0.2, 0) is 10.0 Å². The van der Waals surface area contributed by atoms with Gasteiger partial charge >= 0.3 is 0 Å². The molecule has 0 bridgehead atoms. The van der Waals surface area contributed by atoms with Crippen molar-refractivity contribution in [2.24, 2.45) is 5.73 Å². The Balaban J connectivity index is 2.29. The van der Waals surface area contributed by atoms with Gasteiger partial charge in [0.1, 0.15) is 4.99 Å². The highest BCUT2D eigenvalue weighted by molar-refractivity contribution is 7.89. The van der Waals surface area contributed by atoms with Crippen LogP contribution < -0.4 is 5.73 Å². The minimum atomic E-state index is -3.53. The molecule has 104 valence electrons. The van der Waals surface area contributed by atoms with Crippen molar-refractivity contribution in [1.82, 2.24) is 4.31 Å². The predicted molar refractivity (Wildman–Crippen MR) is 76.3 cm³/mol. The standard InChI is InChI=1S/C12H16N2O3S2/c13-12(18)9-2-1-3-11(8-9)19(16,17)14-6-4-10(15)5-7-14/h1-3,8,10,15H,4-7H2,(H2,13,18). The number of rotatable bonds is 3. The number of hydrogen-bond donors (Lipinski definition) is 2. The van der Waals surface area contributed by atoms with Gasteiger partial charge in [0.2, 0.25) is 10.0 Å². The Hall–Kier alpha value is -1.02. The summed E-state index contributed by atoms with van der Waals surface area (Å²) in [5.74, 6) is 0. The molecule has 1 aliphatic heterocycles. The van der Waals surface area contributed by atoms with E-state index in [-0.39, 0.29) is 9.88 Å². The first kappa shape index (κ1) is 14.4. The predicted octanol–water partition coefficient (Wildman–Crippen LogP) is 0.466. The quantitative estimate of drug-likeness (QED) is 0.793. The molecule has 3 N–H and O–H groups in total. The number of thiocarbonyl (C=S) groups is 1. The number of benzene rings is 1. The maximum absolute atomic E-state index is 12.4. The molecular formula is C12H16N2O3S2. The molecule has 7 heteroatoms. The minimum Gasteiger partial charge on any atom is -0.393 e. The Morgan fingerprint density at radius 2 is 2.00 bits per heavy atom. The molecule has 0 amide bonds. The van der Waals surface area contributed by atoms with Crippen molar-refractivity contribution in [2.45, 2.75) is 23.8 Å². The fourth-order valence-corrected chi connectivity index (χ4v) is 3.68. The van der Waals surface area contributed by atoms with E-state index in [1.54, 1.807) is 12.1 Å². The van der Waals surface area contributed by atoms with Gasteiger partial charge in [-0.25, -0.2) is 8.42 Å². The van der Waals surface area contributed by atoms with E-state index >= 15 is 0 Å². The van der Waals surface area contributed by atoms with Gasteiger partial charge in [-0.2, -0.15) is 4.31 Å². The van der Waals surface area contributed by atoms with E-state index in [4.69, 9.17) is 18.0 Å². The van der Waals surface area contributed by atoms with Gasteiger partial charge < -0.3 is 10.8 Å². The van der Waals surface area contributed by atoms with Crippen LogP contribution in [0.5, 0.6) is 0 Å². The molecule has 0 aromatic heterocycles. The molecule has 0 saturated carbocycles. The number of hydrogen-bond acceptors (Lipinski definition) is 4. The highest BCUT2D eigenvalue weighted by atomic mass is 32.2. The van der Waals surface area contributed by atoms with Gasteiger partial charge in [-0.15, -0.1) is 0 Å².